The van der Waals surface area contributed by atoms with Crippen molar-refractivity contribution in [2.75, 3.05) is 19.8 Å². The van der Waals surface area contributed by atoms with Crippen molar-refractivity contribution in [3.8, 4) is 0 Å². The fourth-order valence-electron chi connectivity index (χ4n) is 0.622. The van der Waals surface area contributed by atoms with Gasteiger partial charge in [0, 0.05) is 0 Å². The third kappa shape index (κ3) is 5.24. The molecule has 0 radical (unpaired) electrons. The third-order valence-corrected chi connectivity index (χ3v) is 1.06. The Labute approximate surface area is 76.8 Å². The van der Waals surface area contributed by atoms with E-state index in [-0.39, 0.29) is 19.8 Å². The maximum atomic E-state index is 9.44. The molecule has 0 spiro atoms. The molecule has 0 aromatic carbocycles. The van der Waals surface area contributed by atoms with Gasteiger partial charge >= 0.3 is 5.97 Å². The first-order valence-corrected chi connectivity index (χ1v) is 3.67. The van der Waals surface area contributed by atoms with Gasteiger partial charge in [0.2, 0.25) is 0 Å². The smallest absolute Gasteiger partial charge is 0.393 e. The molecule has 0 unspecified atom stereocenters. The summed E-state index contributed by atoms with van der Waals surface area (Å²) in [5.41, 5.74) is 0. The summed E-state index contributed by atoms with van der Waals surface area (Å²) in [5.74, 6) is -1.92. The number of rotatable bonds is 8. The van der Waals surface area contributed by atoms with Crippen LogP contribution in [0, 0.1) is 0 Å². The molecule has 0 saturated heterocycles. The predicted molar refractivity (Wildman–Crippen MR) is 45.4 cm³/mol. The van der Waals surface area contributed by atoms with E-state index in [2.05, 4.69) is 22.6 Å². The monoisotopic (exact) mass is 190 g/mol. The predicted octanol–water partition coefficient (Wildman–Crippen LogP) is -0.0384. The maximum absolute atomic E-state index is 9.44. The van der Waals surface area contributed by atoms with E-state index in [0.29, 0.717) is 0 Å². The van der Waals surface area contributed by atoms with Crippen molar-refractivity contribution >= 4 is 0 Å². The van der Waals surface area contributed by atoms with Crippen LogP contribution < -0.4 is 0 Å². The first-order chi connectivity index (χ1) is 6.18. The summed E-state index contributed by atoms with van der Waals surface area (Å²) >= 11 is 0. The van der Waals surface area contributed by atoms with Crippen LogP contribution in [0.1, 0.15) is 0 Å². The number of aliphatic hydroxyl groups excluding tert-OH is 1. The molecular formula is C8H14O5. The first-order valence-electron chi connectivity index (χ1n) is 3.67. The molecule has 76 valence electrons. The van der Waals surface area contributed by atoms with E-state index in [1.54, 1.807) is 0 Å². The van der Waals surface area contributed by atoms with Crippen LogP contribution in [-0.2, 0) is 14.2 Å². The molecular weight excluding hydrogens is 176 g/mol. The van der Waals surface area contributed by atoms with Gasteiger partial charge in [0.15, 0.2) is 6.61 Å². The van der Waals surface area contributed by atoms with Crippen LogP contribution in [0.5, 0.6) is 0 Å². The summed E-state index contributed by atoms with van der Waals surface area (Å²) in [6, 6.07) is 0. The van der Waals surface area contributed by atoms with Crippen molar-refractivity contribution in [2.45, 2.75) is 5.97 Å². The molecule has 5 nitrogen and oxygen atoms in total. The van der Waals surface area contributed by atoms with Gasteiger partial charge in [-0.2, -0.15) is 0 Å². The van der Waals surface area contributed by atoms with Gasteiger partial charge in [-0.15, -0.1) is 0 Å². The zero-order chi connectivity index (χ0) is 10.2. The second-order valence-corrected chi connectivity index (χ2v) is 2.06. The Bertz CT molecular complexity index is 147. The van der Waals surface area contributed by atoms with Crippen LogP contribution in [0.2, 0.25) is 0 Å². The second kappa shape index (κ2) is 6.47. The van der Waals surface area contributed by atoms with Crippen molar-refractivity contribution in [3.05, 3.63) is 25.7 Å². The van der Waals surface area contributed by atoms with Crippen LogP contribution in [0.25, 0.3) is 0 Å². The fourth-order valence-corrected chi connectivity index (χ4v) is 0.622. The lowest BCUT2D eigenvalue weighted by Crippen LogP contribution is -2.38. The molecule has 0 aliphatic carbocycles. The number of aliphatic hydroxyl groups is 2. The highest BCUT2D eigenvalue weighted by Crippen LogP contribution is 2.10. The van der Waals surface area contributed by atoms with Gasteiger partial charge in [-0.1, -0.05) is 13.2 Å². The lowest BCUT2D eigenvalue weighted by Gasteiger charge is -2.24. The molecule has 5 heteroatoms. The zero-order valence-corrected chi connectivity index (χ0v) is 7.31. The second-order valence-electron chi connectivity index (χ2n) is 2.06. The molecule has 0 heterocycles. The maximum Gasteiger partial charge on any atom is 0.393 e. The Morgan fingerprint density at radius 1 is 1.23 bits per heavy atom. The van der Waals surface area contributed by atoms with Crippen LogP contribution in [0.4, 0.5) is 0 Å². The van der Waals surface area contributed by atoms with Gasteiger partial charge in [-0.25, -0.2) is 0 Å². The Hall–Kier alpha value is -1.04. The zero-order valence-electron chi connectivity index (χ0n) is 7.31. The van der Waals surface area contributed by atoms with Gasteiger partial charge < -0.3 is 24.4 Å². The minimum absolute atomic E-state index is 0.0866. The van der Waals surface area contributed by atoms with E-state index in [1.807, 2.05) is 0 Å². The summed E-state index contributed by atoms with van der Waals surface area (Å²) < 4.78 is 14.1. The highest BCUT2D eigenvalue weighted by molar-refractivity contribution is 4.64. The standard InChI is InChI=1S/C8H14O5/c1-3-12-8(10,13-4-2)7-11-6-5-9/h3-4,9-10H,1-2,5-7H2. The number of ether oxygens (including phenoxy) is 3. The minimum Gasteiger partial charge on any atom is -0.437 e. The molecule has 0 aliphatic heterocycles. The largest absolute Gasteiger partial charge is 0.437 e. The molecule has 0 fully saturated rings. The van der Waals surface area contributed by atoms with E-state index < -0.39 is 5.97 Å². The quantitative estimate of drug-likeness (QED) is 0.319. The van der Waals surface area contributed by atoms with Crippen LogP contribution >= 0.6 is 0 Å². The van der Waals surface area contributed by atoms with E-state index in [0.717, 1.165) is 12.5 Å². The Morgan fingerprint density at radius 2 is 1.77 bits per heavy atom. The van der Waals surface area contributed by atoms with Gasteiger partial charge in [-0.3, -0.25) is 0 Å². The van der Waals surface area contributed by atoms with Crippen LogP contribution in [-0.4, -0.2) is 36.0 Å². The van der Waals surface area contributed by atoms with E-state index in [1.165, 1.54) is 0 Å². The average Bonchev–Trinajstić information content (AvgIpc) is 2.05. The normalized spacial score (nSPS) is 10.6. The molecule has 0 aromatic rings. The lowest BCUT2D eigenvalue weighted by molar-refractivity contribution is -0.335. The summed E-state index contributed by atoms with van der Waals surface area (Å²) in [6.45, 7) is 6.21. The van der Waals surface area contributed by atoms with Gasteiger partial charge in [0.05, 0.1) is 25.7 Å². The first kappa shape index (κ1) is 12.0. The Kier molecular flexibility index (Phi) is 5.96. The molecule has 0 amide bonds. The molecule has 13 heavy (non-hydrogen) atoms. The molecule has 0 aromatic heterocycles. The Balaban J connectivity index is 3.90. The molecule has 2 N–H and O–H groups in total. The van der Waals surface area contributed by atoms with Crippen LogP contribution in [0.3, 0.4) is 0 Å². The van der Waals surface area contributed by atoms with Crippen molar-refractivity contribution < 1.29 is 24.4 Å². The molecule has 0 saturated carbocycles. The van der Waals surface area contributed by atoms with Crippen molar-refractivity contribution in [1.29, 1.82) is 0 Å². The number of hydrogen-bond donors (Lipinski definition) is 2. The van der Waals surface area contributed by atoms with Crippen molar-refractivity contribution in [2.24, 2.45) is 0 Å². The van der Waals surface area contributed by atoms with Crippen molar-refractivity contribution in [3.63, 3.8) is 0 Å². The molecule has 0 bridgehead atoms. The van der Waals surface area contributed by atoms with Gasteiger partial charge in [-0.05, 0) is 0 Å². The van der Waals surface area contributed by atoms with E-state index >= 15 is 0 Å². The Morgan fingerprint density at radius 3 is 2.15 bits per heavy atom. The van der Waals surface area contributed by atoms with Crippen molar-refractivity contribution in [1.82, 2.24) is 0 Å². The summed E-state index contributed by atoms with van der Waals surface area (Å²) in [6.07, 6.45) is 2.04. The summed E-state index contributed by atoms with van der Waals surface area (Å²) in [5, 5.41) is 17.8. The molecule has 0 rings (SSSR count). The third-order valence-electron chi connectivity index (χ3n) is 1.06. The summed E-state index contributed by atoms with van der Waals surface area (Å²) in [4.78, 5) is 0. The van der Waals surface area contributed by atoms with E-state index in [9.17, 15) is 5.11 Å². The molecule has 0 aliphatic rings. The highest BCUT2D eigenvalue weighted by atomic mass is 16.8. The minimum atomic E-state index is -1.92. The molecule has 0 atom stereocenters. The van der Waals surface area contributed by atoms with E-state index in [4.69, 9.17) is 9.84 Å². The highest BCUT2D eigenvalue weighted by Gasteiger charge is 2.29. The fraction of sp³-hybridized carbons (Fsp3) is 0.500. The number of hydrogen-bond acceptors (Lipinski definition) is 5. The van der Waals surface area contributed by atoms with Gasteiger partial charge in [0.25, 0.3) is 0 Å². The lowest BCUT2D eigenvalue weighted by atomic mass is 10.6. The summed E-state index contributed by atoms with van der Waals surface area (Å²) in [7, 11) is 0. The topological polar surface area (TPSA) is 68.2 Å². The average molecular weight is 190 g/mol. The van der Waals surface area contributed by atoms with Gasteiger partial charge in [0.1, 0.15) is 0 Å². The SMILES string of the molecule is C=COC(O)(COCCO)OC=C. The van der Waals surface area contributed by atoms with Crippen LogP contribution in [0.15, 0.2) is 25.7 Å².